The molecule has 0 atom stereocenters. The lowest BCUT2D eigenvalue weighted by Gasteiger charge is -2.13. The van der Waals surface area contributed by atoms with Crippen LogP contribution in [0.5, 0.6) is 0 Å². The molecule has 3 aromatic rings. The van der Waals surface area contributed by atoms with Crippen LogP contribution in [0, 0.1) is 0 Å². The van der Waals surface area contributed by atoms with Crippen LogP contribution in [0.3, 0.4) is 0 Å². The van der Waals surface area contributed by atoms with Gasteiger partial charge in [0.25, 0.3) is 5.91 Å². The third-order valence-electron chi connectivity index (χ3n) is 4.98. The second-order valence-corrected chi connectivity index (χ2v) is 9.72. The van der Waals surface area contributed by atoms with Gasteiger partial charge >= 0.3 is 0 Å². The highest BCUT2D eigenvalue weighted by molar-refractivity contribution is 8.26. The number of nitrogens with zero attached hydrogens (tertiary/aromatic N) is 4. The first-order valence-corrected chi connectivity index (χ1v) is 12.0. The number of halogens is 2. The first-order chi connectivity index (χ1) is 15.5. The summed E-state index contributed by atoms with van der Waals surface area (Å²) in [6, 6.07) is 13.5. The van der Waals surface area contributed by atoms with E-state index in [1.807, 2.05) is 42.5 Å². The molecule has 2 aromatic carbocycles. The number of thiocarbonyl (C=S) groups is 1. The Balaban J connectivity index is 1.38. The van der Waals surface area contributed by atoms with Crippen LogP contribution in [0.25, 0.3) is 17.2 Å². The molecule has 1 amide bonds. The highest BCUT2D eigenvalue weighted by Crippen LogP contribution is 2.34. The maximum Gasteiger partial charge on any atom is 0.266 e. The van der Waals surface area contributed by atoms with Gasteiger partial charge < -0.3 is 0 Å². The van der Waals surface area contributed by atoms with Gasteiger partial charge in [-0.2, -0.15) is 5.21 Å². The normalized spacial score (nSPS) is 15.2. The van der Waals surface area contributed by atoms with E-state index in [0.29, 0.717) is 31.6 Å². The third kappa shape index (κ3) is 5.56. The maximum absolute atomic E-state index is 12.9. The molecule has 2 heterocycles. The molecule has 0 aliphatic carbocycles. The number of rotatable bonds is 8. The number of H-pyrrole nitrogens is 1. The minimum atomic E-state index is -0.0434. The van der Waals surface area contributed by atoms with Gasteiger partial charge in [0.1, 0.15) is 4.32 Å². The zero-order chi connectivity index (χ0) is 22.5. The molecule has 0 radical (unpaired) electrons. The number of hydrogen-bond acceptors (Lipinski definition) is 6. The van der Waals surface area contributed by atoms with E-state index in [9.17, 15) is 4.79 Å². The molecule has 4 rings (SSSR count). The first kappa shape index (κ1) is 22.9. The van der Waals surface area contributed by atoms with E-state index in [1.54, 1.807) is 11.0 Å². The number of aromatic nitrogens is 4. The number of unbranched alkanes of at least 4 members (excludes halogenated alkanes) is 2. The molecule has 1 aromatic heterocycles. The Morgan fingerprint density at radius 3 is 2.69 bits per heavy atom. The number of benzene rings is 2. The molecule has 1 aliphatic heterocycles. The zero-order valence-electron chi connectivity index (χ0n) is 16.9. The van der Waals surface area contributed by atoms with Gasteiger partial charge in [-0.15, -0.1) is 10.2 Å². The molecule has 164 valence electrons. The lowest BCUT2D eigenvalue weighted by Crippen LogP contribution is -2.29. The van der Waals surface area contributed by atoms with Crippen LogP contribution >= 0.6 is 47.2 Å². The van der Waals surface area contributed by atoms with Crippen LogP contribution < -0.4 is 0 Å². The maximum atomic E-state index is 12.9. The van der Waals surface area contributed by atoms with Crippen LogP contribution in [-0.2, 0) is 11.2 Å². The number of tetrazole rings is 1. The van der Waals surface area contributed by atoms with Crippen LogP contribution in [0.1, 0.15) is 30.7 Å². The molecule has 32 heavy (non-hydrogen) atoms. The minimum Gasteiger partial charge on any atom is -0.293 e. The van der Waals surface area contributed by atoms with Crippen molar-refractivity contribution in [3.8, 4) is 11.1 Å². The van der Waals surface area contributed by atoms with Crippen LogP contribution in [-0.4, -0.2) is 42.3 Å². The Morgan fingerprint density at radius 2 is 1.91 bits per heavy atom. The van der Waals surface area contributed by atoms with Gasteiger partial charge in [0.05, 0.1) is 15.0 Å². The fourth-order valence-electron chi connectivity index (χ4n) is 3.35. The SMILES string of the molecule is O=C1/C(=C/c2cccc(-c3ccc(Cl)c(Cl)c3)c2)SC(=S)N1CCCCCc1nn[nH]n1. The molecule has 0 unspecified atom stereocenters. The standard InChI is InChI=1S/C22H19Cl2N5OS2/c23-17-9-8-16(13-18(17)24)15-6-4-5-14(11-15)12-19-21(30)29(22(31)32-19)10-3-1-2-7-20-25-27-28-26-20/h4-6,8-9,11-13H,1-3,7,10H2,(H,25,26,27,28)/b19-12-. The largest absolute Gasteiger partial charge is 0.293 e. The van der Waals surface area contributed by atoms with Crippen LogP contribution in [0.4, 0.5) is 0 Å². The van der Waals surface area contributed by atoms with E-state index < -0.39 is 0 Å². The topological polar surface area (TPSA) is 74.8 Å². The minimum absolute atomic E-state index is 0.0434. The Kier molecular flexibility index (Phi) is 7.57. The number of thioether (sulfide) groups is 1. The van der Waals surface area contributed by atoms with Crippen LogP contribution in [0.15, 0.2) is 47.4 Å². The van der Waals surface area contributed by atoms with E-state index in [1.165, 1.54) is 11.8 Å². The Hall–Kier alpha value is -2.26. The summed E-state index contributed by atoms with van der Waals surface area (Å²) in [5.41, 5.74) is 2.88. The third-order valence-corrected chi connectivity index (χ3v) is 7.10. The van der Waals surface area contributed by atoms with Gasteiger partial charge in [-0.05, 0) is 53.8 Å². The summed E-state index contributed by atoms with van der Waals surface area (Å²) in [5, 5.41) is 14.9. The number of nitrogens with one attached hydrogen (secondary N) is 1. The Labute approximate surface area is 205 Å². The lowest BCUT2D eigenvalue weighted by atomic mass is 10.0. The number of aromatic amines is 1. The van der Waals surface area contributed by atoms with Crippen LogP contribution in [0.2, 0.25) is 10.0 Å². The zero-order valence-corrected chi connectivity index (χ0v) is 20.1. The van der Waals surface area contributed by atoms with Gasteiger partial charge in [-0.25, -0.2) is 0 Å². The van der Waals surface area contributed by atoms with Gasteiger partial charge in [-0.3, -0.25) is 9.69 Å². The first-order valence-electron chi connectivity index (χ1n) is 10.0. The number of aryl methyl sites for hydroxylation is 1. The summed E-state index contributed by atoms with van der Waals surface area (Å²) in [6.45, 7) is 0.609. The number of amides is 1. The van der Waals surface area contributed by atoms with Gasteiger partial charge in [0, 0.05) is 13.0 Å². The quantitative estimate of drug-likeness (QED) is 0.238. The van der Waals surface area contributed by atoms with Crippen molar-refractivity contribution in [3.63, 3.8) is 0 Å². The Morgan fingerprint density at radius 1 is 1.06 bits per heavy atom. The lowest BCUT2D eigenvalue weighted by molar-refractivity contribution is -0.122. The van der Waals surface area contributed by atoms with Crippen molar-refractivity contribution < 1.29 is 4.79 Å². The molecule has 1 N–H and O–H groups in total. The molecule has 1 aliphatic rings. The summed E-state index contributed by atoms with van der Waals surface area (Å²) >= 11 is 19.0. The molecular formula is C22H19Cl2N5OS2. The second kappa shape index (κ2) is 10.6. The Bertz CT molecular complexity index is 1170. The molecule has 0 spiro atoms. The summed E-state index contributed by atoms with van der Waals surface area (Å²) in [7, 11) is 0. The molecule has 0 saturated carbocycles. The molecule has 0 bridgehead atoms. The number of hydrogen-bond donors (Lipinski definition) is 1. The summed E-state index contributed by atoms with van der Waals surface area (Å²) < 4.78 is 0.597. The highest BCUT2D eigenvalue weighted by Gasteiger charge is 2.31. The molecule has 10 heteroatoms. The smallest absolute Gasteiger partial charge is 0.266 e. The summed E-state index contributed by atoms with van der Waals surface area (Å²) in [6.07, 6.45) is 5.41. The number of carbonyl (C=O) groups excluding carboxylic acids is 1. The van der Waals surface area contributed by atoms with Crippen molar-refractivity contribution in [1.82, 2.24) is 25.5 Å². The molecule has 1 saturated heterocycles. The van der Waals surface area contributed by atoms with Crippen molar-refractivity contribution in [2.24, 2.45) is 0 Å². The summed E-state index contributed by atoms with van der Waals surface area (Å²) in [4.78, 5) is 15.2. The van der Waals surface area contributed by atoms with E-state index in [4.69, 9.17) is 35.4 Å². The fraction of sp³-hybridized carbons (Fsp3) is 0.227. The average molecular weight is 504 g/mol. The monoisotopic (exact) mass is 503 g/mol. The fourth-order valence-corrected chi connectivity index (χ4v) is 4.95. The van der Waals surface area contributed by atoms with Gasteiger partial charge in [0.2, 0.25) is 0 Å². The molecule has 1 fully saturated rings. The molecule has 6 nitrogen and oxygen atoms in total. The van der Waals surface area contributed by atoms with E-state index in [2.05, 4.69) is 20.6 Å². The van der Waals surface area contributed by atoms with Gasteiger partial charge in [-0.1, -0.05) is 83.1 Å². The van der Waals surface area contributed by atoms with Crippen molar-refractivity contribution in [3.05, 3.63) is 68.8 Å². The predicted molar refractivity (Wildman–Crippen MR) is 134 cm³/mol. The second-order valence-electron chi connectivity index (χ2n) is 7.23. The van der Waals surface area contributed by atoms with Crippen molar-refractivity contribution in [2.75, 3.05) is 6.54 Å². The van der Waals surface area contributed by atoms with Crippen molar-refractivity contribution in [1.29, 1.82) is 0 Å². The van der Waals surface area contributed by atoms with E-state index in [0.717, 1.165) is 42.4 Å². The average Bonchev–Trinajstić information content (AvgIpc) is 3.39. The van der Waals surface area contributed by atoms with Gasteiger partial charge in [0.15, 0.2) is 5.82 Å². The predicted octanol–water partition coefficient (Wildman–Crippen LogP) is 5.79. The highest BCUT2D eigenvalue weighted by atomic mass is 35.5. The van der Waals surface area contributed by atoms with E-state index in [-0.39, 0.29) is 5.91 Å². The van der Waals surface area contributed by atoms with E-state index >= 15 is 0 Å². The molecular weight excluding hydrogens is 485 g/mol. The summed E-state index contributed by atoms with van der Waals surface area (Å²) in [5.74, 6) is 0.666. The van der Waals surface area contributed by atoms with Crippen molar-refractivity contribution >= 4 is 63.5 Å². The number of carbonyl (C=O) groups is 1. The van der Waals surface area contributed by atoms with Crippen molar-refractivity contribution in [2.45, 2.75) is 25.7 Å².